The molecule has 0 bridgehead atoms. The predicted molar refractivity (Wildman–Crippen MR) is 126 cm³/mol. The zero-order valence-electron chi connectivity index (χ0n) is 18.2. The van der Waals surface area contributed by atoms with Crippen molar-refractivity contribution < 1.29 is 24.2 Å². The lowest BCUT2D eigenvalue weighted by Crippen LogP contribution is -2.27. The number of fused-ring (bicyclic) bond motifs is 2. The van der Waals surface area contributed by atoms with Gasteiger partial charge in [0.05, 0.1) is 17.3 Å². The molecule has 3 heterocycles. The minimum Gasteiger partial charge on any atom is -0.486 e. The van der Waals surface area contributed by atoms with E-state index >= 15 is 0 Å². The van der Waals surface area contributed by atoms with Crippen molar-refractivity contribution in [1.29, 1.82) is 0 Å². The number of pyridine rings is 1. The zero-order valence-corrected chi connectivity index (χ0v) is 19.0. The van der Waals surface area contributed by atoms with Crippen LogP contribution in [0.3, 0.4) is 0 Å². The first-order valence-electron chi connectivity index (χ1n) is 11.1. The van der Waals surface area contributed by atoms with Crippen molar-refractivity contribution in [2.75, 3.05) is 13.2 Å². The third kappa shape index (κ3) is 4.41. The van der Waals surface area contributed by atoms with Crippen LogP contribution in [0.15, 0.2) is 53.6 Å². The Bertz CT molecular complexity index is 1290. The van der Waals surface area contributed by atoms with Crippen LogP contribution in [0.2, 0.25) is 5.15 Å². The Morgan fingerprint density at radius 1 is 1.06 bits per heavy atom. The molecule has 1 atom stereocenters. The standard InChI is InChI=1S/C25H22ClN3O5/c26-25-17(11-16-12-21-22(14-18(16)27-25)34-10-9-33-21)20-13-19(15-5-2-1-3-6-15)28-29(20)23(30)7-4-8-24(31)32/h1-3,5-6,11-12,14,20H,4,7-10,13H2,(H,31,32)/t20-/m1/s1. The lowest BCUT2D eigenvalue weighted by molar-refractivity contribution is -0.137. The maximum Gasteiger partial charge on any atom is 0.303 e. The number of ether oxygens (including phenoxy) is 2. The molecule has 5 rings (SSSR count). The maximum atomic E-state index is 13.1. The highest BCUT2D eigenvalue weighted by molar-refractivity contribution is 6.30. The van der Waals surface area contributed by atoms with E-state index in [-0.39, 0.29) is 30.3 Å². The summed E-state index contributed by atoms with van der Waals surface area (Å²) in [5, 5.41) is 16.1. The summed E-state index contributed by atoms with van der Waals surface area (Å²) in [5.74, 6) is 0.0787. The van der Waals surface area contributed by atoms with E-state index in [0.717, 1.165) is 16.7 Å². The Balaban J connectivity index is 1.51. The molecule has 1 amide bonds. The Morgan fingerprint density at radius 3 is 2.53 bits per heavy atom. The van der Waals surface area contributed by atoms with E-state index in [0.29, 0.717) is 42.2 Å². The number of carbonyl (C=O) groups excluding carboxylic acids is 1. The first kappa shape index (κ1) is 22.2. The van der Waals surface area contributed by atoms with Crippen LogP contribution in [0.4, 0.5) is 0 Å². The summed E-state index contributed by atoms with van der Waals surface area (Å²) in [5.41, 5.74) is 3.01. The molecule has 1 N–H and O–H groups in total. The van der Waals surface area contributed by atoms with Crippen molar-refractivity contribution in [3.8, 4) is 11.5 Å². The quantitative estimate of drug-likeness (QED) is 0.519. The zero-order chi connectivity index (χ0) is 23.7. The minimum absolute atomic E-state index is 0.0751. The largest absolute Gasteiger partial charge is 0.486 e. The van der Waals surface area contributed by atoms with Gasteiger partial charge in [0, 0.05) is 36.3 Å². The number of aromatic nitrogens is 1. The van der Waals surface area contributed by atoms with E-state index in [4.69, 9.17) is 26.2 Å². The number of carboxylic acids is 1. The molecule has 0 unspecified atom stereocenters. The van der Waals surface area contributed by atoms with Gasteiger partial charge in [-0.15, -0.1) is 0 Å². The molecule has 0 saturated heterocycles. The Labute approximate surface area is 200 Å². The molecule has 9 heteroatoms. The number of amides is 1. The van der Waals surface area contributed by atoms with Crippen LogP contribution in [0.5, 0.6) is 11.5 Å². The molecule has 0 saturated carbocycles. The predicted octanol–water partition coefficient (Wildman–Crippen LogP) is 4.59. The normalized spacial score (nSPS) is 17.0. The smallest absolute Gasteiger partial charge is 0.303 e. The van der Waals surface area contributed by atoms with E-state index in [9.17, 15) is 9.59 Å². The fourth-order valence-electron chi connectivity index (χ4n) is 4.23. The van der Waals surface area contributed by atoms with Gasteiger partial charge in [0.1, 0.15) is 18.4 Å². The van der Waals surface area contributed by atoms with Gasteiger partial charge in [-0.05, 0) is 24.1 Å². The molecule has 2 aliphatic rings. The summed E-state index contributed by atoms with van der Waals surface area (Å²) < 4.78 is 11.4. The third-order valence-corrected chi connectivity index (χ3v) is 6.18. The highest BCUT2D eigenvalue weighted by Gasteiger charge is 2.34. The minimum atomic E-state index is -0.935. The fourth-order valence-corrected chi connectivity index (χ4v) is 4.50. The van der Waals surface area contributed by atoms with Gasteiger partial charge in [-0.3, -0.25) is 9.59 Å². The lowest BCUT2D eigenvalue weighted by Gasteiger charge is -2.23. The highest BCUT2D eigenvalue weighted by atomic mass is 35.5. The molecule has 0 spiro atoms. The van der Waals surface area contributed by atoms with Crippen molar-refractivity contribution in [1.82, 2.24) is 9.99 Å². The van der Waals surface area contributed by atoms with Gasteiger partial charge < -0.3 is 14.6 Å². The summed E-state index contributed by atoms with van der Waals surface area (Å²) in [6.45, 7) is 0.951. The number of hydrazone groups is 1. The summed E-state index contributed by atoms with van der Waals surface area (Å²) in [4.78, 5) is 28.5. The number of rotatable bonds is 6. The van der Waals surface area contributed by atoms with Gasteiger partial charge in [0.15, 0.2) is 11.5 Å². The maximum absolute atomic E-state index is 13.1. The number of hydrogen-bond donors (Lipinski definition) is 1. The van der Waals surface area contributed by atoms with Crippen molar-refractivity contribution >= 4 is 40.1 Å². The number of nitrogens with zero attached hydrogens (tertiary/aromatic N) is 3. The number of carboxylic acid groups (broad SMARTS) is 1. The molecule has 8 nitrogen and oxygen atoms in total. The molecule has 0 radical (unpaired) electrons. The summed E-state index contributed by atoms with van der Waals surface area (Å²) in [6, 6.07) is 14.8. The SMILES string of the molecule is O=C(O)CCCC(=O)N1N=C(c2ccccc2)C[C@@H]1c1cc2cc3c(cc2nc1Cl)OCCO3. The Morgan fingerprint density at radius 2 is 1.79 bits per heavy atom. The topological polar surface area (TPSA) is 101 Å². The second-order valence-electron chi connectivity index (χ2n) is 8.18. The Hall–Kier alpha value is -3.65. The van der Waals surface area contributed by atoms with Gasteiger partial charge in [0.2, 0.25) is 5.91 Å². The number of halogens is 1. The van der Waals surface area contributed by atoms with Gasteiger partial charge in [-0.1, -0.05) is 41.9 Å². The van der Waals surface area contributed by atoms with Crippen LogP contribution < -0.4 is 9.47 Å². The van der Waals surface area contributed by atoms with Gasteiger partial charge in [-0.25, -0.2) is 9.99 Å². The molecule has 3 aromatic rings. The second kappa shape index (κ2) is 9.30. The average molecular weight is 480 g/mol. The molecular formula is C25H22ClN3O5. The molecule has 34 heavy (non-hydrogen) atoms. The molecule has 2 aromatic carbocycles. The van der Waals surface area contributed by atoms with Crippen molar-refractivity contribution in [3.05, 3.63) is 64.8 Å². The van der Waals surface area contributed by atoms with Gasteiger partial charge >= 0.3 is 5.97 Å². The van der Waals surface area contributed by atoms with Crippen LogP contribution in [-0.2, 0) is 9.59 Å². The molecule has 174 valence electrons. The van der Waals surface area contributed by atoms with E-state index < -0.39 is 12.0 Å². The van der Waals surface area contributed by atoms with E-state index in [1.54, 1.807) is 6.07 Å². The number of carbonyl (C=O) groups is 2. The number of aliphatic carboxylic acids is 1. The molecule has 1 aromatic heterocycles. The van der Waals surface area contributed by atoms with E-state index in [1.165, 1.54) is 5.01 Å². The van der Waals surface area contributed by atoms with Gasteiger partial charge in [0.25, 0.3) is 0 Å². The number of hydrogen-bond acceptors (Lipinski definition) is 6. The van der Waals surface area contributed by atoms with E-state index in [1.807, 2.05) is 42.5 Å². The molecule has 0 fully saturated rings. The van der Waals surface area contributed by atoms with Gasteiger partial charge in [-0.2, -0.15) is 5.10 Å². The van der Waals surface area contributed by atoms with Crippen LogP contribution in [-0.4, -0.2) is 45.9 Å². The Kier molecular flexibility index (Phi) is 6.06. The molecular weight excluding hydrogens is 458 g/mol. The van der Waals surface area contributed by atoms with Crippen molar-refractivity contribution in [3.63, 3.8) is 0 Å². The molecule has 2 aliphatic heterocycles. The first-order valence-corrected chi connectivity index (χ1v) is 11.4. The van der Waals surface area contributed by atoms with Crippen LogP contribution >= 0.6 is 11.6 Å². The first-order chi connectivity index (χ1) is 16.5. The summed E-state index contributed by atoms with van der Waals surface area (Å²) in [7, 11) is 0. The van der Waals surface area contributed by atoms with Crippen molar-refractivity contribution in [2.24, 2.45) is 5.10 Å². The average Bonchev–Trinajstić information content (AvgIpc) is 3.28. The third-order valence-electron chi connectivity index (χ3n) is 5.87. The monoisotopic (exact) mass is 479 g/mol. The van der Waals surface area contributed by atoms with Crippen molar-refractivity contribution in [2.45, 2.75) is 31.7 Å². The molecule has 0 aliphatic carbocycles. The summed E-state index contributed by atoms with van der Waals surface area (Å²) >= 11 is 6.63. The van der Waals surface area contributed by atoms with Crippen LogP contribution in [0.1, 0.15) is 42.9 Å². The van der Waals surface area contributed by atoms with Crippen LogP contribution in [0.25, 0.3) is 10.9 Å². The van der Waals surface area contributed by atoms with Crippen LogP contribution in [0, 0.1) is 0 Å². The summed E-state index contributed by atoms with van der Waals surface area (Å²) in [6.07, 6.45) is 0.698. The lowest BCUT2D eigenvalue weighted by atomic mass is 9.98. The highest BCUT2D eigenvalue weighted by Crippen LogP contribution is 2.40. The second-order valence-corrected chi connectivity index (χ2v) is 8.53. The fraction of sp³-hybridized carbons (Fsp3) is 0.280. The number of benzene rings is 2. The van der Waals surface area contributed by atoms with E-state index in [2.05, 4.69) is 10.1 Å².